The average molecular weight is 454 g/mol. The Hall–Kier alpha value is -1.14. The molecule has 4 aliphatic rings. The maximum atomic E-state index is 12.7. The van der Waals surface area contributed by atoms with Gasteiger partial charge in [0.25, 0.3) is 0 Å². The number of nitrogens with one attached hydrogen (secondary N) is 1. The Morgan fingerprint density at radius 2 is 1.97 bits per heavy atom. The van der Waals surface area contributed by atoms with Crippen LogP contribution in [-0.4, -0.2) is 37.1 Å². The lowest BCUT2D eigenvalue weighted by Gasteiger charge is -2.61. The van der Waals surface area contributed by atoms with Crippen molar-refractivity contribution in [1.82, 2.24) is 5.32 Å². The summed E-state index contributed by atoms with van der Waals surface area (Å²) in [5, 5.41) is 7.52. The first-order chi connectivity index (χ1) is 14.3. The number of hydrogen-bond donors (Lipinski definition) is 2. The normalized spacial score (nSPS) is 42.8. The number of amides is 1. The van der Waals surface area contributed by atoms with Crippen molar-refractivity contribution in [2.45, 2.75) is 72.1 Å². The Kier molecular flexibility index (Phi) is 7.42. The SMILES string of the molecule is CC(=O)NC[C@H]1C[C@@H]2[C@H](CC[C@]3(C)C(=O)CC[C@@H]23)[C@@]2(C)CCC(=NOCCN)CC12.Cl. The zero-order valence-electron chi connectivity index (χ0n) is 19.3. The van der Waals surface area contributed by atoms with Crippen LogP contribution in [0.5, 0.6) is 0 Å². The molecule has 0 aliphatic heterocycles. The van der Waals surface area contributed by atoms with Gasteiger partial charge >= 0.3 is 0 Å². The van der Waals surface area contributed by atoms with Crippen molar-refractivity contribution >= 4 is 29.8 Å². The van der Waals surface area contributed by atoms with Gasteiger partial charge in [-0.3, -0.25) is 9.59 Å². The van der Waals surface area contributed by atoms with Gasteiger partial charge in [0.05, 0.1) is 5.71 Å². The number of ketones is 1. The zero-order chi connectivity index (χ0) is 21.5. The Morgan fingerprint density at radius 3 is 2.68 bits per heavy atom. The highest BCUT2D eigenvalue weighted by Crippen LogP contribution is 2.66. The fraction of sp³-hybridized carbons (Fsp3) is 0.875. The molecule has 4 fully saturated rings. The number of Topliss-reactive ketones (excluding diaryl/α,β-unsaturated/α-hetero) is 1. The summed E-state index contributed by atoms with van der Waals surface area (Å²) in [6.45, 7) is 8.00. The highest BCUT2D eigenvalue weighted by Gasteiger charge is 2.61. The molecular formula is C24H40ClN3O3. The lowest BCUT2D eigenvalue weighted by molar-refractivity contribution is -0.142. The van der Waals surface area contributed by atoms with Gasteiger partial charge in [0.15, 0.2) is 0 Å². The number of oxime groups is 1. The van der Waals surface area contributed by atoms with Crippen LogP contribution in [0.15, 0.2) is 5.16 Å². The molecule has 4 saturated carbocycles. The quantitative estimate of drug-likeness (QED) is 0.490. The van der Waals surface area contributed by atoms with Crippen molar-refractivity contribution in [3.8, 4) is 0 Å². The largest absolute Gasteiger partial charge is 0.395 e. The van der Waals surface area contributed by atoms with Crippen molar-refractivity contribution < 1.29 is 14.4 Å². The number of halogens is 1. The molecule has 31 heavy (non-hydrogen) atoms. The molecule has 4 aliphatic carbocycles. The number of carbonyl (C=O) groups is 2. The third-order valence-electron chi connectivity index (χ3n) is 9.41. The summed E-state index contributed by atoms with van der Waals surface area (Å²) in [5.41, 5.74) is 6.82. The van der Waals surface area contributed by atoms with Crippen molar-refractivity contribution in [1.29, 1.82) is 0 Å². The molecule has 0 saturated heterocycles. The summed E-state index contributed by atoms with van der Waals surface area (Å²) in [6.07, 6.45) is 8.22. The van der Waals surface area contributed by atoms with E-state index < -0.39 is 0 Å². The Balaban J connectivity index is 0.00000272. The number of hydrogen-bond acceptors (Lipinski definition) is 5. The molecule has 1 amide bonds. The fourth-order valence-electron chi connectivity index (χ4n) is 7.85. The Bertz CT molecular complexity index is 729. The molecule has 0 radical (unpaired) electrons. The third-order valence-corrected chi connectivity index (χ3v) is 9.41. The van der Waals surface area contributed by atoms with Crippen LogP contribution in [0.4, 0.5) is 0 Å². The van der Waals surface area contributed by atoms with Crippen LogP contribution >= 0.6 is 12.4 Å². The van der Waals surface area contributed by atoms with Gasteiger partial charge in [0.2, 0.25) is 5.91 Å². The van der Waals surface area contributed by atoms with E-state index in [1.165, 1.54) is 6.42 Å². The van der Waals surface area contributed by atoms with E-state index in [1.54, 1.807) is 6.92 Å². The van der Waals surface area contributed by atoms with Crippen molar-refractivity contribution in [2.24, 2.45) is 51.3 Å². The summed E-state index contributed by atoms with van der Waals surface area (Å²) >= 11 is 0. The number of rotatable bonds is 5. The first-order valence-electron chi connectivity index (χ1n) is 11.9. The smallest absolute Gasteiger partial charge is 0.216 e. The monoisotopic (exact) mass is 453 g/mol. The van der Waals surface area contributed by atoms with Gasteiger partial charge < -0.3 is 15.9 Å². The molecule has 0 aromatic heterocycles. The van der Waals surface area contributed by atoms with Gasteiger partial charge in [-0.15, -0.1) is 12.4 Å². The predicted octanol–water partition coefficient (Wildman–Crippen LogP) is 3.71. The molecule has 4 rings (SSSR count). The summed E-state index contributed by atoms with van der Waals surface area (Å²) in [7, 11) is 0. The van der Waals surface area contributed by atoms with Crippen molar-refractivity contribution in [2.75, 3.05) is 19.7 Å². The molecular weight excluding hydrogens is 414 g/mol. The van der Waals surface area contributed by atoms with Gasteiger partial charge in [0.1, 0.15) is 12.4 Å². The van der Waals surface area contributed by atoms with E-state index in [2.05, 4.69) is 24.3 Å². The van der Waals surface area contributed by atoms with E-state index in [9.17, 15) is 9.59 Å². The highest BCUT2D eigenvalue weighted by atomic mass is 35.5. The van der Waals surface area contributed by atoms with Gasteiger partial charge in [-0.25, -0.2) is 0 Å². The zero-order valence-corrected chi connectivity index (χ0v) is 20.1. The molecule has 0 heterocycles. The van der Waals surface area contributed by atoms with E-state index >= 15 is 0 Å². The first-order valence-corrected chi connectivity index (χ1v) is 11.9. The molecule has 1 unspecified atom stereocenters. The second-order valence-electron chi connectivity index (χ2n) is 10.8. The second-order valence-corrected chi connectivity index (χ2v) is 10.8. The summed E-state index contributed by atoms with van der Waals surface area (Å²) in [5.74, 6) is 3.25. The van der Waals surface area contributed by atoms with Gasteiger partial charge in [-0.1, -0.05) is 19.0 Å². The summed E-state index contributed by atoms with van der Waals surface area (Å²) in [4.78, 5) is 29.9. The lowest BCUT2D eigenvalue weighted by atomic mass is 9.43. The summed E-state index contributed by atoms with van der Waals surface area (Å²) in [6, 6.07) is 0. The molecule has 0 spiro atoms. The molecule has 7 atom stereocenters. The molecule has 0 bridgehead atoms. The lowest BCUT2D eigenvalue weighted by Crippen LogP contribution is -2.57. The third kappa shape index (κ3) is 4.27. The van der Waals surface area contributed by atoms with E-state index in [0.29, 0.717) is 48.5 Å². The van der Waals surface area contributed by atoms with Crippen LogP contribution in [0.25, 0.3) is 0 Å². The van der Waals surface area contributed by atoms with Crippen LogP contribution in [0.2, 0.25) is 0 Å². The van der Waals surface area contributed by atoms with Crippen LogP contribution in [0.3, 0.4) is 0 Å². The van der Waals surface area contributed by atoms with Crippen LogP contribution in [0.1, 0.15) is 72.1 Å². The standard InChI is InChI=1S/C24H39N3O3.ClH/c1-15(28)26-14-16-12-18-19-4-5-22(29)24(19,3)9-7-20(18)23(2)8-6-17(13-21(16)23)27-30-11-10-25;/h16,18-21H,4-14,25H2,1-3H3,(H,26,28);1H/t16-,18+,19+,20+,21?,23-,24+;/m1./s1. The Morgan fingerprint density at radius 1 is 1.19 bits per heavy atom. The molecule has 3 N–H and O–H groups in total. The molecule has 6 nitrogen and oxygen atoms in total. The minimum atomic E-state index is -0.111. The predicted molar refractivity (Wildman–Crippen MR) is 124 cm³/mol. The van der Waals surface area contributed by atoms with E-state index in [0.717, 1.165) is 57.2 Å². The van der Waals surface area contributed by atoms with E-state index in [-0.39, 0.29) is 29.1 Å². The molecule has 0 aromatic rings. The van der Waals surface area contributed by atoms with Gasteiger partial charge in [-0.05, 0) is 80.0 Å². The number of nitrogens with two attached hydrogens (primary N) is 1. The van der Waals surface area contributed by atoms with Crippen molar-refractivity contribution in [3.63, 3.8) is 0 Å². The minimum absolute atomic E-state index is 0. The Labute approximate surface area is 192 Å². The fourth-order valence-corrected chi connectivity index (χ4v) is 7.85. The number of fused-ring (bicyclic) bond motifs is 5. The van der Waals surface area contributed by atoms with Gasteiger partial charge in [0, 0.05) is 31.8 Å². The molecule has 0 aromatic carbocycles. The van der Waals surface area contributed by atoms with Crippen LogP contribution in [0, 0.1) is 40.4 Å². The second kappa shape index (κ2) is 9.38. The molecule has 7 heteroatoms. The van der Waals surface area contributed by atoms with Gasteiger partial charge in [-0.2, -0.15) is 0 Å². The average Bonchev–Trinajstić information content (AvgIpc) is 3.01. The molecule has 176 valence electrons. The number of carbonyl (C=O) groups excluding carboxylic acids is 2. The van der Waals surface area contributed by atoms with Crippen molar-refractivity contribution in [3.05, 3.63) is 0 Å². The van der Waals surface area contributed by atoms with E-state index in [1.807, 2.05) is 0 Å². The topological polar surface area (TPSA) is 93.8 Å². The minimum Gasteiger partial charge on any atom is -0.395 e. The number of nitrogens with zero attached hydrogens (tertiary/aromatic N) is 1. The van der Waals surface area contributed by atoms with E-state index in [4.69, 9.17) is 10.6 Å². The van der Waals surface area contributed by atoms with Crippen LogP contribution < -0.4 is 11.1 Å². The maximum Gasteiger partial charge on any atom is 0.216 e. The highest BCUT2D eigenvalue weighted by molar-refractivity contribution is 5.87. The maximum absolute atomic E-state index is 12.7. The van der Waals surface area contributed by atoms with Crippen LogP contribution in [-0.2, 0) is 14.4 Å². The first kappa shape index (κ1) is 24.5. The summed E-state index contributed by atoms with van der Waals surface area (Å²) < 4.78 is 0.